The van der Waals surface area contributed by atoms with Crippen LogP contribution < -0.4 is 5.32 Å². The van der Waals surface area contributed by atoms with Crippen LogP contribution in [0.15, 0.2) is 0 Å². The largest absolute Gasteiger partial charge is 0.433 e. The van der Waals surface area contributed by atoms with Crippen molar-refractivity contribution >= 4 is 11.9 Å². The third-order valence-corrected chi connectivity index (χ3v) is 4.12. The van der Waals surface area contributed by atoms with Crippen molar-refractivity contribution in [3.05, 3.63) is 0 Å². The van der Waals surface area contributed by atoms with Crippen molar-refractivity contribution in [2.45, 2.75) is 57.1 Å². The fourth-order valence-electron chi connectivity index (χ4n) is 2.18. The van der Waals surface area contributed by atoms with Gasteiger partial charge in [0.2, 0.25) is 12.2 Å². The van der Waals surface area contributed by atoms with E-state index in [0.29, 0.717) is 0 Å². The molecule has 0 aliphatic carbocycles. The molecule has 0 radical (unpaired) electrons. The second-order valence-electron chi connectivity index (χ2n) is 6.78. The van der Waals surface area contributed by atoms with Crippen LogP contribution in [0.5, 0.6) is 0 Å². The number of carbonyl (C=O) groups is 2. The molecule has 1 aliphatic rings. The van der Waals surface area contributed by atoms with Crippen molar-refractivity contribution in [2.75, 3.05) is 19.8 Å². The van der Waals surface area contributed by atoms with Crippen LogP contribution in [0.3, 0.4) is 0 Å². The summed E-state index contributed by atoms with van der Waals surface area (Å²) in [5.74, 6) is -1.66. The Morgan fingerprint density at radius 1 is 1.15 bits per heavy atom. The second-order valence-corrected chi connectivity index (χ2v) is 6.78. The smallest absolute Gasteiger partial charge is 0.309 e. The van der Waals surface area contributed by atoms with E-state index in [-0.39, 0.29) is 13.0 Å². The van der Waals surface area contributed by atoms with E-state index in [9.17, 15) is 30.0 Å². The summed E-state index contributed by atoms with van der Waals surface area (Å²) in [5, 5.41) is 59.2. The van der Waals surface area contributed by atoms with Gasteiger partial charge in [-0.1, -0.05) is 13.8 Å². The van der Waals surface area contributed by atoms with E-state index in [1.807, 2.05) is 0 Å². The molecule has 0 aromatic rings. The van der Waals surface area contributed by atoms with Crippen LogP contribution in [0.25, 0.3) is 0 Å². The summed E-state index contributed by atoms with van der Waals surface area (Å²) in [6, 6.07) is 0. The molecular formula is C15H27NO10. The van der Waals surface area contributed by atoms with Crippen LogP contribution in [0, 0.1) is 5.41 Å². The molecule has 1 heterocycles. The lowest BCUT2D eigenvalue weighted by Crippen LogP contribution is -2.59. The van der Waals surface area contributed by atoms with E-state index in [2.05, 4.69) is 5.32 Å². The first kappa shape index (κ1) is 22.7. The Morgan fingerprint density at radius 2 is 1.77 bits per heavy atom. The summed E-state index contributed by atoms with van der Waals surface area (Å²) < 4.78 is 9.86. The predicted molar refractivity (Wildman–Crippen MR) is 84.4 cm³/mol. The van der Waals surface area contributed by atoms with Gasteiger partial charge < -0.3 is 45.4 Å². The van der Waals surface area contributed by atoms with Gasteiger partial charge in [-0.15, -0.1) is 0 Å². The predicted octanol–water partition coefficient (Wildman–Crippen LogP) is -3.78. The van der Waals surface area contributed by atoms with E-state index in [0.717, 1.165) is 0 Å². The van der Waals surface area contributed by atoms with E-state index in [1.54, 1.807) is 0 Å². The zero-order valence-electron chi connectivity index (χ0n) is 14.6. The number of nitrogens with one attached hydrogen (secondary N) is 1. The average Bonchev–Trinajstić information content (AvgIpc) is 2.61. The molecule has 0 spiro atoms. The van der Waals surface area contributed by atoms with Gasteiger partial charge in [0.25, 0.3) is 0 Å². The van der Waals surface area contributed by atoms with Crippen LogP contribution in [-0.4, -0.2) is 99.1 Å². The number of hydrogen-bond acceptors (Lipinski definition) is 10. The summed E-state index contributed by atoms with van der Waals surface area (Å²) >= 11 is 0. The minimum absolute atomic E-state index is 0.187. The lowest BCUT2D eigenvalue weighted by atomic mass is 9.87. The molecule has 1 fully saturated rings. The first-order valence-corrected chi connectivity index (χ1v) is 8.11. The first-order chi connectivity index (χ1) is 12.0. The highest BCUT2D eigenvalue weighted by Crippen LogP contribution is 2.22. The Kier molecular flexibility index (Phi) is 8.34. The Hall–Kier alpha value is -1.34. The summed E-state index contributed by atoms with van der Waals surface area (Å²) in [6.07, 6.45) is -9.55. The monoisotopic (exact) mass is 381 g/mol. The highest BCUT2D eigenvalue weighted by Gasteiger charge is 2.45. The van der Waals surface area contributed by atoms with Crippen molar-refractivity contribution in [1.29, 1.82) is 0 Å². The number of rotatable bonds is 8. The highest BCUT2D eigenvalue weighted by molar-refractivity contribution is 5.81. The quantitative estimate of drug-likeness (QED) is 0.206. The molecule has 7 N–H and O–H groups in total. The van der Waals surface area contributed by atoms with E-state index in [4.69, 9.17) is 19.7 Å². The van der Waals surface area contributed by atoms with Gasteiger partial charge in [0.1, 0.15) is 30.5 Å². The highest BCUT2D eigenvalue weighted by atomic mass is 16.7. The normalized spacial score (nSPS) is 30.5. The molecule has 1 amide bonds. The van der Waals surface area contributed by atoms with Gasteiger partial charge in [0.05, 0.1) is 19.6 Å². The SMILES string of the molecule is CC(C)(CO)[C@@H](O)C(=O)NCCC(=O)O[C@@H]1O[C@H](CO)[C@@H](O)[C@H](O)[C@H]1O. The molecule has 26 heavy (non-hydrogen) atoms. The molecule has 1 aliphatic heterocycles. The fourth-order valence-corrected chi connectivity index (χ4v) is 2.18. The molecular weight excluding hydrogens is 354 g/mol. The number of carbonyl (C=O) groups excluding carboxylic acids is 2. The van der Waals surface area contributed by atoms with Gasteiger partial charge in [-0.05, 0) is 0 Å². The molecule has 0 aromatic heterocycles. The number of amides is 1. The third kappa shape index (κ3) is 5.58. The molecule has 0 saturated carbocycles. The van der Waals surface area contributed by atoms with Gasteiger partial charge in [-0.25, -0.2) is 0 Å². The molecule has 6 atom stereocenters. The maximum absolute atomic E-state index is 11.8. The van der Waals surface area contributed by atoms with Crippen LogP contribution in [-0.2, 0) is 19.1 Å². The maximum atomic E-state index is 11.8. The van der Waals surface area contributed by atoms with Crippen molar-refractivity contribution in [3.8, 4) is 0 Å². The van der Waals surface area contributed by atoms with Crippen molar-refractivity contribution in [1.82, 2.24) is 5.32 Å². The van der Waals surface area contributed by atoms with E-state index < -0.39 is 67.3 Å². The minimum atomic E-state index is -1.71. The zero-order valence-corrected chi connectivity index (χ0v) is 14.6. The van der Waals surface area contributed by atoms with E-state index >= 15 is 0 Å². The Bertz CT molecular complexity index is 483. The molecule has 11 heteroatoms. The maximum Gasteiger partial charge on any atom is 0.309 e. The number of esters is 1. The minimum Gasteiger partial charge on any atom is -0.433 e. The topological polar surface area (TPSA) is 186 Å². The number of hydrogen-bond donors (Lipinski definition) is 7. The van der Waals surface area contributed by atoms with Gasteiger partial charge >= 0.3 is 5.97 Å². The standard InChI is InChI=1S/C15H27NO10/c1-15(2,6-18)12(23)13(24)16-4-3-8(19)26-14-11(22)10(21)9(20)7(5-17)25-14/h7,9-12,14,17-18,20-23H,3-6H2,1-2H3,(H,16,24)/t7-,9-,10+,11-,12+,14+/m1/s1. The number of aliphatic hydroxyl groups excluding tert-OH is 6. The molecule has 0 bridgehead atoms. The summed E-state index contributed by atoms with van der Waals surface area (Å²) in [6.45, 7) is 1.72. The van der Waals surface area contributed by atoms with Gasteiger partial charge in [-0.2, -0.15) is 0 Å². The van der Waals surface area contributed by atoms with Crippen LogP contribution in [0.1, 0.15) is 20.3 Å². The molecule has 11 nitrogen and oxygen atoms in total. The Morgan fingerprint density at radius 3 is 2.31 bits per heavy atom. The van der Waals surface area contributed by atoms with Crippen LogP contribution in [0.4, 0.5) is 0 Å². The van der Waals surface area contributed by atoms with Crippen molar-refractivity contribution in [3.63, 3.8) is 0 Å². The Balaban J connectivity index is 2.46. The first-order valence-electron chi connectivity index (χ1n) is 8.11. The molecule has 1 rings (SSSR count). The van der Waals surface area contributed by atoms with Crippen molar-refractivity contribution in [2.24, 2.45) is 5.41 Å². The van der Waals surface area contributed by atoms with Gasteiger partial charge in [0.15, 0.2) is 0 Å². The van der Waals surface area contributed by atoms with Crippen LogP contribution >= 0.6 is 0 Å². The lowest BCUT2D eigenvalue weighted by molar-refractivity contribution is -0.292. The summed E-state index contributed by atoms with van der Waals surface area (Å²) in [4.78, 5) is 23.5. The molecule has 152 valence electrons. The molecule has 1 saturated heterocycles. The molecule has 0 unspecified atom stereocenters. The summed E-state index contributed by atoms with van der Waals surface area (Å²) in [7, 11) is 0. The zero-order chi connectivity index (χ0) is 20.1. The van der Waals surface area contributed by atoms with Gasteiger partial charge in [-0.3, -0.25) is 9.59 Å². The van der Waals surface area contributed by atoms with Crippen LogP contribution in [0.2, 0.25) is 0 Å². The van der Waals surface area contributed by atoms with Gasteiger partial charge in [0, 0.05) is 12.0 Å². The van der Waals surface area contributed by atoms with Crippen molar-refractivity contribution < 1.29 is 49.7 Å². The Labute approximate surface area is 150 Å². The fraction of sp³-hybridized carbons (Fsp3) is 0.867. The second kappa shape index (κ2) is 9.55. The molecule has 0 aromatic carbocycles. The number of ether oxygens (including phenoxy) is 2. The van der Waals surface area contributed by atoms with E-state index in [1.165, 1.54) is 13.8 Å². The number of aliphatic hydroxyl groups is 6. The lowest BCUT2D eigenvalue weighted by Gasteiger charge is -2.39. The average molecular weight is 381 g/mol. The summed E-state index contributed by atoms with van der Waals surface area (Å²) in [5.41, 5.74) is -1.05. The third-order valence-electron chi connectivity index (χ3n) is 4.12.